The minimum absolute atomic E-state index is 0.0251. The van der Waals surface area contributed by atoms with Gasteiger partial charge in [0, 0.05) is 23.7 Å². The lowest BCUT2D eigenvalue weighted by Gasteiger charge is -2.63. The number of esters is 1. The number of halogens is 2. The summed E-state index contributed by atoms with van der Waals surface area (Å²) >= 11 is 0. The minimum Gasteiger partial charge on any atom is -0.451 e. The average molecular weight is 438 g/mol. The number of allylic oxidation sites excluding steroid dienone is 4. The second-order valence-electron chi connectivity index (χ2n) is 9.90. The molecule has 0 spiro atoms. The number of ketones is 2. The SMILES string of the molecule is CC(=O)O[C@]1(C(=O)CO)CC[C@H]2[C@@H]3C[C@H](F)C4=CC(=O)C=C[C@]4(C)[C@@]3(F)[C@@H](O)C[C@@]21C. The van der Waals surface area contributed by atoms with E-state index in [1.807, 2.05) is 0 Å². The Bertz CT molecular complexity index is 914. The smallest absolute Gasteiger partial charge is 0.303 e. The van der Waals surface area contributed by atoms with Crippen molar-refractivity contribution in [3.05, 3.63) is 23.8 Å². The molecule has 8 heteroatoms. The van der Waals surface area contributed by atoms with Crippen LogP contribution < -0.4 is 0 Å². The predicted molar refractivity (Wildman–Crippen MR) is 105 cm³/mol. The Morgan fingerprint density at radius 2 is 1.97 bits per heavy atom. The predicted octanol–water partition coefficient (Wildman–Crippen LogP) is 2.17. The molecule has 0 aromatic rings. The molecule has 0 amide bonds. The second-order valence-corrected chi connectivity index (χ2v) is 9.90. The van der Waals surface area contributed by atoms with Gasteiger partial charge in [-0.25, -0.2) is 8.78 Å². The van der Waals surface area contributed by atoms with Gasteiger partial charge in [-0.3, -0.25) is 14.4 Å². The van der Waals surface area contributed by atoms with Crippen LogP contribution in [0, 0.1) is 22.7 Å². The molecule has 0 bridgehead atoms. The minimum atomic E-state index is -2.27. The number of carbonyl (C=O) groups excluding carboxylic acids is 3. The van der Waals surface area contributed by atoms with E-state index in [1.165, 1.54) is 19.1 Å². The van der Waals surface area contributed by atoms with Gasteiger partial charge in [0.25, 0.3) is 0 Å². The molecule has 0 aromatic heterocycles. The topological polar surface area (TPSA) is 101 Å². The van der Waals surface area contributed by atoms with Crippen LogP contribution in [-0.4, -0.2) is 57.9 Å². The Morgan fingerprint density at radius 3 is 2.58 bits per heavy atom. The van der Waals surface area contributed by atoms with Crippen LogP contribution in [0.15, 0.2) is 23.8 Å². The second kappa shape index (κ2) is 6.78. The first-order valence-corrected chi connectivity index (χ1v) is 10.7. The summed E-state index contributed by atoms with van der Waals surface area (Å²) in [5, 5.41) is 20.8. The highest BCUT2D eigenvalue weighted by Gasteiger charge is 2.76. The monoisotopic (exact) mass is 438 g/mol. The lowest BCUT2D eigenvalue weighted by Crippen LogP contribution is -2.70. The standard InChI is InChI=1S/C23H28F2O6/c1-12(27)31-22(19(30)11-26)7-5-14-15-9-17(24)16-8-13(28)4-6-20(16,2)23(15,25)18(29)10-21(14,22)3/h4,6,8,14-15,17-18,26,29H,5,7,9-11H2,1-3H3/t14-,15-,17-,18-,20-,21-,22-,23-/m0/s1. The molecule has 0 unspecified atom stereocenters. The first-order chi connectivity index (χ1) is 14.4. The molecule has 31 heavy (non-hydrogen) atoms. The highest BCUT2D eigenvalue weighted by atomic mass is 19.1. The Labute approximate surface area is 179 Å². The third-order valence-corrected chi connectivity index (χ3v) is 8.66. The van der Waals surface area contributed by atoms with Crippen LogP contribution in [0.1, 0.15) is 46.5 Å². The molecule has 0 aliphatic heterocycles. The normalized spacial score (nSPS) is 48.4. The summed E-state index contributed by atoms with van der Waals surface area (Å²) in [7, 11) is 0. The first kappa shape index (κ1) is 22.3. The van der Waals surface area contributed by atoms with Crippen molar-refractivity contribution in [1.29, 1.82) is 0 Å². The van der Waals surface area contributed by atoms with Gasteiger partial charge in [0.1, 0.15) is 12.8 Å². The number of hydrogen-bond acceptors (Lipinski definition) is 6. The van der Waals surface area contributed by atoms with Crippen molar-refractivity contribution in [3.63, 3.8) is 0 Å². The maximum atomic E-state index is 17.0. The van der Waals surface area contributed by atoms with E-state index in [1.54, 1.807) is 6.92 Å². The van der Waals surface area contributed by atoms with Crippen LogP contribution in [0.5, 0.6) is 0 Å². The molecule has 6 nitrogen and oxygen atoms in total. The van der Waals surface area contributed by atoms with Crippen molar-refractivity contribution in [1.82, 2.24) is 0 Å². The maximum absolute atomic E-state index is 17.0. The van der Waals surface area contributed by atoms with E-state index in [2.05, 4.69) is 0 Å². The molecule has 0 saturated heterocycles. The lowest BCUT2D eigenvalue weighted by molar-refractivity contribution is -0.228. The molecule has 8 atom stereocenters. The molecule has 4 aliphatic rings. The lowest BCUT2D eigenvalue weighted by atomic mass is 9.44. The van der Waals surface area contributed by atoms with E-state index in [0.29, 0.717) is 0 Å². The first-order valence-electron chi connectivity index (χ1n) is 10.7. The van der Waals surface area contributed by atoms with Crippen molar-refractivity contribution in [2.75, 3.05) is 6.61 Å². The summed E-state index contributed by atoms with van der Waals surface area (Å²) in [5.74, 6) is -3.38. The molecular weight excluding hydrogens is 410 g/mol. The van der Waals surface area contributed by atoms with Gasteiger partial charge in [-0.05, 0) is 56.3 Å². The van der Waals surface area contributed by atoms with Crippen LogP contribution in [0.3, 0.4) is 0 Å². The third-order valence-electron chi connectivity index (χ3n) is 8.66. The molecule has 0 radical (unpaired) electrons. The Morgan fingerprint density at radius 1 is 1.29 bits per heavy atom. The van der Waals surface area contributed by atoms with E-state index >= 15 is 8.78 Å². The molecule has 4 rings (SSSR count). The van der Waals surface area contributed by atoms with Crippen LogP contribution in [-0.2, 0) is 19.1 Å². The zero-order valence-electron chi connectivity index (χ0n) is 17.9. The van der Waals surface area contributed by atoms with Gasteiger partial charge in [-0.1, -0.05) is 13.0 Å². The Hall–Kier alpha value is -1.93. The number of fused-ring (bicyclic) bond motifs is 5. The number of alkyl halides is 2. The number of aliphatic hydroxyl groups is 2. The summed E-state index contributed by atoms with van der Waals surface area (Å²) in [6.07, 6.45) is 0.383. The van der Waals surface area contributed by atoms with Crippen LogP contribution in [0.2, 0.25) is 0 Å². The molecule has 4 aliphatic carbocycles. The van der Waals surface area contributed by atoms with Gasteiger partial charge < -0.3 is 14.9 Å². The molecule has 3 fully saturated rings. The van der Waals surface area contributed by atoms with Gasteiger partial charge in [0.2, 0.25) is 5.78 Å². The van der Waals surface area contributed by atoms with Crippen LogP contribution in [0.4, 0.5) is 8.78 Å². The van der Waals surface area contributed by atoms with E-state index in [4.69, 9.17) is 4.74 Å². The van der Waals surface area contributed by atoms with Gasteiger partial charge in [-0.2, -0.15) is 0 Å². The fourth-order valence-corrected chi connectivity index (χ4v) is 7.25. The zero-order valence-corrected chi connectivity index (χ0v) is 17.9. The van der Waals surface area contributed by atoms with Gasteiger partial charge in [0.15, 0.2) is 17.1 Å². The number of hydrogen-bond donors (Lipinski definition) is 2. The highest BCUT2D eigenvalue weighted by molar-refractivity contribution is 6.01. The summed E-state index contributed by atoms with van der Waals surface area (Å²) in [6.45, 7) is 3.45. The number of ether oxygens (including phenoxy) is 1. The molecule has 170 valence electrons. The van der Waals surface area contributed by atoms with E-state index in [-0.39, 0.29) is 31.3 Å². The van der Waals surface area contributed by atoms with E-state index < -0.39 is 70.4 Å². The van der Waals surface area contributed by atoms with Crippen LogP contribution in [0.25, 0.3) is 0 Å². The fourth-order valence-electron chi connectivity index (χ4n) is 7.25. The summed E-state index contributed by atoms with van der Waals surface area (Å²) < 4.78 is 37.8. The zero-order chi connectivity index (χ0) is 23.0. The van der Waals surface area contributed by atoms with Crippen molar-refractivity contribution in [3.8, 4) is 0 Å². The number of Topliss-reactive ketones (excluding diaryl/α,β-unsaturated/α-hetero) is 1. The number of aliphatic hydroxyl groups excluding tert-OH is 2. The molecule has 3 saturated carbocycles. The summed E-state index contributed by atoms with van der Waals surface area (Å²) in [6, 6.07) is 0. The van der Waals surface area contributed by atoms with Crippen molar-refractivity contribution in [2.24, 2.45) is 22.7 Å². The number of carbonyl (C=O) groups is 3. The fraction of sp³-hybridized carbons (Fsp3) is 0.696. The quantitative estimate of drug-likeness (QED) is 0.655. The molecule has 0 aromatic carbocycles. The third kappa shape index (κ3) is 2.58. The Balaban J connectivity index is 1.85. The van der Waals surface area contributed by atoms with Gasteiger partial charge in [0.05, 0.1) is 6.10 Å². The van der Waals surface area contributed by atoms with E-state index in [9.17, 15) is 24.6 Å². The molecule has 0 heterocycles. The summed E-state index contributed by atoms with van der Waals surface area (Å²) in [4.78, 5) is 36.6. The van der Waals surface area contributed by atoms with Crippen LogP contribution >= 0.6 is 0 Å². The molecular formula is C23H28F2O6. The van der Waals surface area contributed by atoms with Crippen molar-refractivity contribution < 1.29 is 38.1 Å². The largest absolute Gasteiger partial charge is 0.451 e. The molecule has 2 N–H and O–H groups in total. The van der Waals surface area contributed by atoms with Gasteiger partial charge >= 0.3 is 5.97 Å². The highest BCUT2D eigenvalue weighted by Crippen LogP contribution is 2.70. The Kier molecular flexibility index (Phi) is 4.87. The van der Waals surface area contributed by atoms with Crippen molar-refractivity contribution in [2.45, 2.75) is 70.0 Å². The van der Waals surface area contributed by atoms with Crippen molar-refractivity contribution >= 4 is 17.5 Å². The maximum Gasteiger partial charge on any atom is 0.303 e. The number of rotatable bonds is 3. The summed E-state index contributed by atoms with van der Waals surface area (Å²) in [5.41, 5.74) is -6.64. The average Bonchev–Trinajstić information content (AvgIpc) is 2.97. The van der Waals surface area contributed by atoms with Gasteiger partial charge in [-0.15, -0.1) is 0 Å². The van der Waals surface area contributed by atoms with E-state index in [0.717, 1.165) is 13.0 Å².